The number of amides is 1. The molecule has 1 aromatic rings. The first-order chi connectivity index (χ1) is 8.69. The molecule has 0 aliphatic rings. The number of hydrogen-bond acceptors (Lipinski definition) is 3. The molecule has 0 fully saturated rings. The fourth-order valence-electron chi connectivity index (χ4n) is 1.44. The number of ether oxygens (including phenoxy) is 1. The van der Waals surface area contributed by atoms with Crippen LogP contribution in [0, 0.1) is 0 Å². The largest absolute Gasteiger partial charge is 0.497 e. The molecule has 4 nitrogen and oxygen atoms in total. The van der Waals surface area contributed by atoms with Gasteiger partial charge in [0.25, 0.3) is 0 Å². The van der Waals surface area contributed by atoms with Crippen molar-refractivity contribution in [1.29, 1.82) is 0 Å². The predicted molar refractivity (Wildman–Crippen MR) is 71.3 cm³/mol. The Kier molecular flexibility index (Phi) is 5.94. The minimum atomic E-state index is -0.210. The fraction of sp³-hybridized carbons (Fsp3) is 0.357. The number of nitrogens with one attached hydrogen (secondary N) is 1. The third-order valence-corrected chi connectivity index (χ3v) is 2.58. The van der Waals surface area contributed by atoms with E-state index >= 15 is 0 Å². The van der Waals surface area contributed by atoms with Gasteiger partial charge in [0.05, 0.1) is 19.8 Å². The quantitative estimate of drug-likeness (QED) is 0.753. The summed E-state index contributed by atoms with van der Waals surface area (Å²) in [6, 6.07) is 7.24. The lowest BCUT2D eigenvalue weighted by Crippen LogP contribution is -2.35. The van der Waals surface area contributed by atoms with Gasteiger partial charge in [0, 0.05) is 6.08 Å². The molecule has 1 unspecified atom stereocenters. The number of hydrogen-bond donors (Lipinski definition) is 2. The lowest BCUT2D eigenvalue weighted by Gasteiger charge is -2.11. The van der Waals surface area contributed by atoms with Gasteiger partial charge in [-0.15, -0.1) is 0 Å². The Morgan fingerprint density at radius 3 is 2.94 bits per heavy atom. The van der Waals surface area contributed by atoms with Crippen molar-refractivity contribution in [1.82, 2.24) is 5.32 Å². The molecule has 4 heteroatoms. The smallest absolute Gasteiger partial charge is 0.244 e. The van der Waals surface area contributed by atoms with E-state index in [0.717, 1.165) is 11.3 Å². The van der Waals surface area contributed by atoms with Gasteiger partial charge in [-0.25, -0.2) is 0 Å². The van der Waals surface area contributed by atoms with Crippen LogP contribution in [-0.2, 0) is 4.79 Å². The highest BCUT2D eigenvalue weighted by molar-refractivity contribution is 5.91. The molecule has 18 heavy (non-hydrogen) atoms. The molecule has 0 aliphatic carbocycles. The standard InChI is InChI=1S/C14H19NO3/c1-3-12(10-16)15-14(17)8-7-11-5-4-6-13(9-11)18-2/h4-9,12,16H,3,10H2,1-2H3,(H,15,17)/b8-7+. The monoisotopic (exact) mass is 249 g/mol. The van der Waals surface area contributed by atoms with Gasteiger partial charge >= 0.3 is 0 Å². The van der Waals surface area contributed by atoms with Crippen LogP contribution in [0.5, 0.6) is 5.75 Å². The van der Waals surface area contributed by atoms with Crippen molar-refractivity contribution in [2.45, 2.75) is 19.4 Å². The molecule has 0 radical (unpaired) electrons. The molecule has 1 amide bonds. The van der Waals surface area contributed by atoms with Crippen molar-refractivity contribution in [3.05, 3.63) is 35.9 Å². The number of aliphatic hydroxyl groups excluding tert-OH is 1. The predicted octanol–water partition coefficient (Wildman–Crippen LogP) is 1.60. The molecule has 2 N–H and O–H groups in total. The lowest BCUT2D eigenvalue weighted by atomic mass is 10.2. The van der Waals surface area contributed by atoms with Crippen LogP contribution in [-0.4, -0.2) is 30.8 Å². The normalized spacial score (nSPS) is 12.4. The van der Waals surface area contributed by atoms with Gasteiger partial charge < -0.3 is 15.2 Å². The van der Waals surface area contributed by atoms with Crippen molar-refractivity contribution < 1.29 is 14.6 Å². The summed E-state index contributed by atoms with van der Waals surface area (Å²) in [5.41, 5.74) is 0.890. The van der Waals surface area contributed by atoms with Crippen molar-refractivity contribution in [3.63, 3.8) is 0 Å². The number of rotatable bonds is 6. The van der Waals surface area contributed by atoms with Crippen molar-refractivity contribution in [2.24, 2.45) is 0 Å². The van der Waals surface area contributed by atoms with Crippen LogP contribution < -0.4 is 10.1 Å². The third-order valence-electron chi connectivity index (χ3n) is 2.58. The van der Waals surface area contributed by atoms with E-state index in [1.165, 1.54) is 6.08 Å². The van der Waals surface area contributed by atoms with E-state index in [0.29, 0.717) is 6.42 Å². The van der Waals surface area contributed by atoms with Crippen molar-refractivity contribution in [3.8, 4) is 5.75 Å². The molecule has 0 bridgehead atoms. The Hall–Kier alpha value is -1.81. The maximum Gasteiger partial charge on any atom is 0.244 e. The third kappa shape index (κ3) is 4.59. The minimum absolute atomic E-state index is 0.0464. The highest BCUT2D eigenvalue weighted by Gasteiger charge is 2.05. The highest BCUT2D eigenvalue weighted by atomic mass is 16.5. The van der Waals surface area contributed by atoms with E-state index in [9.17, 15) is 4.79 Å². The number of aliphatic hydroxyl groups is 1. The first-order valence-electron chi connectivity index (χ1n) is 5.93. The topological polar surface area (TPSA) is 58.6 Å². The first kappa shape index (κ1) is 14.3. The van der Waals surface area contributed by atoms with Gasteiger partial charge in [0.1, 0.15) is 5.75 Å². The first-order valence-corrected chi connectivity index (χ1v) is 5.93. The van der Waals surface area contributed by atoms with E-state index in [2.05, 4.69) is 5.32 Å². The zero-order valence-corrected chi connectivity index (χ0v) is 10.7. The van der Waals surface area contributed by atoms with Crippen LogP contribution in [0.25, 0.3) is 6.08 Å². The van der Waals surface area contributed by atoms with Gasteiger partial charge in [-0.1, -0.05) is 19.1 Å². The Morgan fingerprint density at radius 1 is 1.56 bits per heavy atom. The molecule has 0 heterocycles. The van der Waals surface area contributed by atoms with Crippen LogP contribution in [0.4, 0.5) is 0 Å². The Morgan fingerprint density at radius 2 is 2.33 bits per heavy atom. The number of carbonyl (C=O) groups excluding carboxylic acids is 1. The highest BCUT2D eigenvalue weighted by Crippen LogP contribution is 2.13. The molecule has 98 valence electrons. The zero-order chi connectivity index (χ0) is 13.4. The Bertz CT molecular complexity index is 411. The molecule has 1 aromatic carbocycles. The van der Waals surface area contributed by atoms with Gasteiger partial charge in [0.2, 0.25) is 5.91 Å². The van der Waals surface area contributed by atoms with E-state index in [-0.39, 0.29) is 18.6 Å². The number of benzene rings is 1. The summed E-state index contributed by atoms with van der Waals surface area (Å²) < 4.78 is 5.09. The summed E-state index contributed by atoms with van der Waals surface area (Å²) in [6.45, 7) is 1.86. The minimum Gasteiger partial charge on any atom is -0.497 e. The molecular weight excluding hydrogens is 230 g/mol. The van der Waals surface area contributed by atoms with E-state index in [1.54, 1.807) is 13.2 Å². The van der Waals surface area contributed by atoms with Gasteiger partial charge in [0.15, 0.2) is 0 Å². The Labute approximate surface area is 107 Å². The molecule has 0 spiro atoms. The average Bonchev–Trinajstić information content (AvgIpc) is 2.42. The fourth-order valence-corrected chi connectivity index (χ4v) is 1.44. The number of carbonyl (C=O) groups is 1. The molecule has 0 saturated carbocycles. The van der Waals surface area contributed by atoms with Gasteiger partial charge in [-0.2, -0.15) is 0 Å². The lowest BCUT2D eigenvalue weighted by molar-refractivity contribution is -0.117. The van der Waals surface area contributed by atoms with E-state index in [4.69, 9.17) is 9.84 Å². The maximum atomic E-state index is 11.6. The van der Waals surface area contributed by atoms with E-state index in [1.807, 2.05) is 31.2 Å². The van der Waals surface area contributed by atoms with Gasteiger partial charge in [-0.05, 0) is 30.2 Å². The second kappa shape index (κ2) is 7.50. The van der Waals surface area contributed by atoms with Crippen molar-refractivity contribution >= 4 is 12.0 Å². The maximum absolute atomic E-state index is 11.6. The summed E-state index contributed by atoms with van der Waals surface area (Å²) in [6.07, 6.45) is 3.87. The molecule has 0 saturated heterocycles. The average molecular weight is 249 g/mol. The zero-order valence-electron chi connectivity index (χ0n) is 10.7. The molecule has 1 rings (SSSR count). The Balaban J connectivity index is 2.59. The SMILES string of the molecule is CCC(CO)NC(=O)/C=C/c1cccc(OC)c1. The molecule has 1 atom stereocenters. The molecule has 0 aromatic heterocycles. The summed E-state index contributed by atoms with van der Waals surface area (Å²) in [7, 11) is 1.60. The second-order valence-corrected chi connectivity index (χ2v) is 3.91. The number of methoxy groups -OCH3 is 1. The summed E-state index contributed by atoms with van der Waals surface area (Å²) in [5, 5.41) is 11.7. The molecule has 0 aliphatic heterocycles. The van der Waals surface area contributed by atoms with Crippen LogP contribution >= 0.6 is 0 Å². The van der Waals surface area contributed by atoms with Crippen LogP contribution in [0.15, 0.2) is 30.3 Å². The summed E-state index contributed by atoms with van der Waals surface area (Å²) in [5.74, 6) is 0.540. The second-order valence-electron chi connectivity index (χ2n) is 3.91. The van der Waals surface area contributed by atoms with Gasteiger partial charge in [-0.3, -0.25) is 4.79 Å². The van der Waals surface area contributed by atoms with Crippen LogP contribution in [0.3, 0.4) is 0 Å². The molecular formula is C14H19NO3. The summed E-state index contributed by atoms with van der Waals surface area (Å²) >= 11 is 0. The van der Waals surface area contributed by atoms with E-state index < -0.39 is 0 Å². The van der Waals surface area contributed by atoms with Crippen LogP contribution in [0.2, 0.25) is 0 Å². The van der Waals surface area contributed by atoms with Crippen molar-refractivity contribution in [2.75, 3.05) is 13.7 Å². The summed E-state index contributed by atoms with van der Waals surface area (Å²) in [4.78, 5) is 11.6. The van der Waals surface area contributed by atoms with Crippen LogP contribution in [0.1, 0.15) is 18.9 Å².